The second-order valence-electron chi connectivity index (χ2n) is 12.3. The number of rotatable bonds is 4. The van der Waals surface area contributed by atoms with Gasteiger partial charge in [0.2, 0.25) is 0 Å². The molecular formula is C48H30O. The summed E-state index contributed by atoms with van der Waals surface area (Å²) in [6.45, 7) is 0. The van der Waals surface area contributed by atoms with Crippen LogP contribution in [-0.4, -0.2) is 0 Å². The first kappa shape index (κ1) is 21.4. The average molecular weight is 630 g/mol. The first-order chi connectivity index (χ1) is 27.2. The van der Waals surface area contributed by atoms with Crippen LogP contribution in [0.3, 0.4) is 0 Å². The van der Waals surface area contributed by atoms with Crippen molar-refractivity contribution in [3.8, 4) is 44.5 Å². The minimum atomic E-state index is -0.409. The van der Waals surface area contributed by atoms with Crippen LogP contribution < -0.4 is 0 Å². The fourth-order valence-electron chi connectivity index (χ4n) is 7.21. The first-order valence-corrected chi connectivity index (χ1v) is 16.3. The van der Waals surface area contributed by atoms with Crippen LogP contribution in [0.2, 0.25) is 0 Å². The third kappa shape index (κ3) is 4.47. The molecule has 49 heavy (non-hydrogen) atoms. The minimum absolute atomic E-state index is 0.000109. The van der Waals surface area contributed by atoms with E-state index in [1.807, 2.05) is 133 Å². The Morgan fingerprint density at radius 2 is 0.980 bits per heavy atom. The number of benzene rings is 9. The molecule has 0 unspecified atom stereocenters. The molecule has 0 saturated heterocycles. The maximum Gasteiger partial charge on any atom is 0.136 e. The lowest BCUT2D eigenvalue weighted by Gasteiger charge is -2.19. The summed E-state index contributed by atoms with van der Waals surface area (Å²) in [6.07, 6.45) is 0. The van der Waals surface area contributed by atoms with Gasteiger partial charge >= 0.3 is 0 Å². The van der Waals surface area contributed by atoms with Gasteiger partial charge in [0.1, 0.15) is 11.2 Å². The standard InChI is InChI=1S/C48H30O/c1-3-12-31(13-4-1)33-22-24-34(25-23-33)46-38-18-9-10-19-39(38)47(40-27-26-37(28-42(40)46)32-14-5-2-6-15-32)41-20-11-21-44-48(41)43-29-35-16-7-8-17-36(35)30-45(43)49-44/h1-30H/i9D,10D,18D,19D,26D,27D,28D. The zero-order valence-electron chi connectivity index (χ0n) is 33.2. The molecule has 0 amide bonds. The van der Waals surface area contributed by atoms with E-state index in [2.05, 4.69) is 6.07 Å². The highest BCUT2D eigenvalue weighted by atomic mass is 16.3. The lowest BCUT2D eigenvalue weighted by molar-refractivity contribution is 0.669. The zero-order valence-corrected chi connectivity index (χ0v) is 26.2. The van der Waals surface area contributed by atoms with Gasteiger partial charge in [-0.25, -0.2) is 0 Å². The highest BCUT2D eigenvalue weighted by Gasteiger charge is 2.21. The monoisotopic (exact) mass is 629 g/mol. The number of furan rings is 1. The molecule has 0 radical (unpaired) electrons. The predicted octanol–water partition coefficient (Wildman–Crippen LogP) is 13.7. The lowest BCUT2D eigenvalue weighted by atomic mass is 9.83. The molecule has 0 saturated carbocycles. The summed E-state index contributed by atoms with van der Waals surface area (Å²) in [5, 5.41) is 4.59. The van der Waals surface area contributed by atoms with E-state index in [0.29, 0.717) is 49.8 Å². The fraction of sp³-hybridized carbons (Fsp3) is 0. The predicted molar refractivity (Wildman–Crippen MR) is 208 cm³/mol. The summed E-state index contributed by atoms with van der Waals surface area (Å²) in [6, 6.07) is 42.9. The number of fused-ring (bicyclic) bond motifs is 6. The number of hydrogen-bond acceptors (Lipinski definition) is 1. The first-order valence-electron chi connectivity index (χ1n) is 19.8. The average Bonchev–Trinajstić information content (AvgIpc) is 3.60. The Kier molecular flexibility index (Phi) is 4.85. The highest BCUT2D eigenvalue weighted by Crippen LogP contribution is 2.48. The van der Waals surface area contributed by atoms with Crippen LogP contribution in [0.25, 0.3) is 98.8 Å². The van der Waals surface area contributed by atoms with E-state index >= 15 is 0 Å². The van der Waals surface area contributed by atoms with Crippen LogP contribution in [0.1, 0.15) is 9.60 Å². The van der Waals surface area contributed by atoms with Crippen molar-refractivity contribution in [3.63, 3.8) is 0 Å². The van der Waals surface area contributed by atoms with Crippen LogP contribution in [0.5, 0.6) is 0 Å². The SMILES string of the molecule is [2H]c1c([2H])c([2H])c2c(-c3cccc4oc5cc6ccccc6cc5c34)c3c([2H])c([2H])c(-c4ccccc4)c([2H])c3c(-c3ccc(-c4ccccc4)cc3)c2c1[2H]. The molecule has 1 aromatic heterocycles. The van der Waals surface area contributed by atoms with E-state index in [1.165, 1.54) is 0 Å². The van der Waals surface area contributed by atoms with E-state index in [-0.39, 0.29) is 51.9 Å². The van der Waals surface area contributed by atoms with Gasteiger partial charge in [-0.2, -0.15) is 0 Å². The summed E-state index contributed by atoms with van der Waals surface area (Å²) >= 11 is 0. The summed E-state index contributed by atoms with van der Waals surface area (Å²) in [5.41, 5.74) is 6.05. The molecule has 0 atom stereocenters. The van der Waals surface area contributed by atoms with Gasteiger partial charge in [-0.05, 0) is 101 Å². The molecule has 1 nitrogen and oxygen atoms in total. The van der Waals surface area contributed by atoms with Crippen LogP contribution in [-0.2, 0) is 0 Å². The van der Waals surface area contributed by atoms with Crippen LogP contribution in [0.15, 0.2) is 186 Å². The largest absolute Gasteiger partial charge is 0.456 e. The van der Waals surface area contributed by atoms with Crippen molar-refractivity contribution in [2.45, 2.75) is 0 Å². The van der Waals surface area contributed by atoms with Crippen molar-refractivity contribution in [2.24, 2.45) is 0 Å². The molecule has 0 N–H and O–H groups in total. The Bertz CT molecular complexity index is 3250. The van der Waals surface area contributed by atoms with E-state index in [9.17, 15) is 6.85 Å². The van der Waals surface area contributed by atoms with Crippen molar-refractivity contribution < 1.29 is 14.0 Å². The third-order valence-corrected chi connectivity index (χ3v) is 9.48. The van der Waals surface area contributed by atoms with Gasteiger partial charge in [0.25, 0.3) is 0 Å². The molecule has 0 bridgehead atoms. The maximum atomic E-state index is 9.98. The smallest absolute Gasteiger partial charge is 0.136 e. The molecule has 0 aliphatic rings. The topological polar surface area (TPSA) is 13.1 Å². The Morgan fingerprint density at radius 1 is 0.388 bits per heavy atom. The summed E-state index contributed by atoms with van der Waals surface area (Å²) < 4.78 is 72.6. The fourth-order valence-corrected chi connectivity index (χ4v) is 7.21. The highest BCUT2D eigenvalue weighted by molar-refractivity contribution is 6.26. The Labute approximate surface area is 294 Å². The van der Waals surface area contributed by atoms with E-state index in [0.717, 1.165) is 27.3 Å². The van der Waals surface area contributed by atoms with Crippen LogP contribution in [0, 0.1) is 0 Å². The van der Waals surface area contributed by atoms with Crippen molar-refractivity contribution >= 4 is 54.3 Å². The molecule has 0 fully saturated rings. The molecule has 0 aliphatic heterocycles. The van der Waals surface area contributed by atoms with Gasteiger partial charge in [-0.15, -0.1) is 0 Å². The van der Waals surface area contributed by atoms with Crippen molar-refractivity contribution in [1.82, 2.24) is 0 Å². The lowest BCUT2D eigenvalue weighted by Crippen LogP contribution is -1.92. The number of hydrogen-bond donors (Lipinski definition) is 0. The minimum Gasteiger partial charge on any atom is -0.456 e. The van der Waals surface area contributed by atoms with Gasteiger partial charge < -0.3 is 4.42 Å². The maximum absolute atomic E-state index is 9.98. The second-order valence-corrected chi connectivity index (χ2v) is 12.3. The van der Waals surface area contributed by atoms with E-state index in [1.54, 1.807) is 0 Å². The molecular weight excluding hydrogens is 593 g/mol. The Morgan fingerprint density at radius 3 is 1.71 bits per heavy atom. The summed E-state index contributed by atoms with van der Waals surface area (Å²) in [4.78, 5) is 0. The zero-order chi connectivity index (χ0) is 38.4. The Balaban J connectivity index is 1.44. The van der Waals surface area contributed by atoms with Gasteiger partial charge in [-0.3, -0.25) is 0 Å². The van der Waals surface area contributed by atoms with Gasteiger partial charge in [0.05, 0.1) is 9.60 Å². The molecule has 1 heterocycles. The summed E-state index contributed by atoms with van der Waals surface area (Å²) in [7, 11) is 0. The molecule has 9 aromatic carbocycles. The third-order valence-electron chi connectivity index (χ3n) is 9.48. The van der Waals surface area contributed by atoms with E-state index in [4.69, 9.17) is 7.16 Å². The molecule has 10 aromatic rings. The molecule has 1 heteroatoms. The normalized spacial score (nSPS) is 13.7. The van der Waals surface area contributed by atoms with Gasteiger partial charge in [-0.1, -0.05) is 158 Å². The van der Waals surface area contributed by atoms with Gasteiger partial charge in [0.15, 0.2) is 0 Å². The molecule has 0 spiro atoms. The van der Waals surface area contributed by atoms with Crippen molar-refractivity contribution in [2.75, 3.05) is 0 Å². The molecule has 10 rings (SSSR count). The van der Waals surface area contributed by atoms with Crippen molar-refractivity contribution in [3.05, 3.63) is 182 Å². The van der Waals surface area contributed by atoms with E-state index < -0.39 is 12.1 Å². The van der Waals surface area contributed by atoms with Gasteiger partial charge in [0, 0.05) is 10.8 Å². The Hall–Kier alpha value is -6.44. The molecule has 0 aliphatic carbocycles. The second kappa shape index (κ2) is 11.1. The van der Waals surface area contributed by atoms with Crippen molar-refractivity contribution in [1.29, 1.82) is 0 Å². The van der Waals surface area contributed by atoms with Crippen LogP contribution in [0.4, 0.5) is 0 Å². The van der Waals surface area contributed by atoms with Crippen LogP contribution >= 0.6 is 0 Å². The summed E-state index contributed by atoms with van der Waals surface area (Å²) in [5.74, 6) is 0. The quantitative estimate of drug-likeness (QED) is 0.177. The molecule has 228 valence electrons.